The Kier molecular flexibility index (Phi) is 19.3. The first kappa shape index (κ1) is 54.5. The average Bonchev–Trinajstić information content (AvgIpc) is 4.04. The lowest BCUT2D eigenvalue weighted by Gasteiger charge is -2.36. The van der Waals surface area contributed by atoms with E-state index in [0.717, 1.165) is 21.7 Å². The number of allylic oxidation sites excluding steroid dienone is 2. The molecule has 18 nitrogen and oxygen atoms in total. The van der Waals surface area contributed by atoms with Crippen LogP contribution in [0.4, 0.5) is 4.79 Å². The summed E-state index contributed by atoms with van der Waals surface area (Å²) in [5, 5.41) is 17.3. The smallest absolute Gasteiger partial charge is 0.407 e. The molecule has 1 aliphatic carbocycles. The number of fused-ring (bicyclic) bond motifs is 1. The van der Waals surface area contributed by atoms with Gasteiger partial charge in [-0.15, -0.1) is 0 Å². The van der Waals surface area contributed by atoms with Crippen molar-refractivity contribution in [2.24, 2.45) is 22.7 Å². The van der Waals surface area contributed by atoms with Crippen LogP contribution in [-0.2, 0) is 51.3 Å². The molecule has 6 rings (SSSR count). The van der Waals surface area contributed by atoms with Crippen molar-refractivity contribution in [2.75, 3.05) is 20.1 Å². The van der Waals surface area contributed by atoms with Crippen LogP contribution >= 0.6 is 0 Å². The molecule has 2 aromatic carbocycles. The monoisotopic (exact) mass is 992 g/mol. The molecule has 18 heteroatoms. The SMILES string of the molecule is CCC(C)[C@H](NC(=O)[C@H](N)CC1=CNC2C=CC=CC12)C(=O)N1N=CCC[C@@H]1C(=O)N[C@@H](CCCNC(=O)OC(C)(C)C)C(=O)N(C)[C@H](Cc1ccccc1)C(=O)N1CCC[C@H]1C(=O)OCc1ccccc1. The third-order valence-corrected chi connectivity index (χ3v) is 13.5. The Balaban J connectivity index is 1.21. The molecule has 388 valence electrons. The van der Waals surface area contributed by atoms with Crippen LogP contribution in [0.1, 0.15) is 97.1 Å². The summed E-state index contributed by atoms with van der Waals surface area (Å²) in [6.45, 7) is 9.33. The molecule has 9 atom stereocenters. The third kappa shape index (κ3) is 14.6. The Morgan fingerprint density at radius 2 is 1.60 bits per heavy atom. The quantitative estimate of drug-likeness (QED) is 0.0869. The van der Waals surface area contributed by atoms with Gasteiger partial charge in [-0.1, -0.05) is 105 Å². The number of hydrogen-bond donors (Lipinski definition) is 5. The van der Waals surface area contributed by atoms with Gasteiger partial charge < -0.3 is 46.3 Å². The average molecular weight is 992 g/mol. The zero-order valence-corrected chi connectivity index (χ0v) is 42.5. The predicted molar refractivity (Wildman–Crippen MR) is 272 cm³/mol. The van der Waals surface area contributed by atoms with E-state index in [1.807, 2.05) is 98.9 Å². The molecule has 1 fully saturated rings. The Hall–Kier alpha value is -6.82. The van der Waals surface area contributed by atoms with Crippen molar-refractivity contribution in [3.8, 4) is 0 Å². The van der Waals surface area contributed by atoms with Crippen molar-refractivity contribution < 1.29 is 43.0 Å². The highest BCUT2D eigenvalue weighted by Gasteiger charge is 2.43. The van der Waals surface area contributed by atoms with Gasteiger partial charge in [0.05, 0.1) is 12.1 Å². The number of likely N-dealkylation sites (N-methyl/N-ethyl adjacent to an activating group) is 1. The molecule has 72 heavy (non-hydrogen) atoms. The Morgan fingerprint density at radius 1 is 0.903 bits per heavy atom. The summed E-state index contributed by atoms with van der Waals surface area (Å²) in [6.07, 6.45) is 13.3. The van der Waals surface area contributed by atoms with Gasteiger partial charge in [0.25, 0.3) is 5.91 Å². The fourth-order valence-electron chi connectivity index (χ4n) is 9.34. The Labute approximate surface area is 423 Å². The van der Waals surface area contributed by atoms with Crippen LogP contribution in [0.25, 0.3) is 0 Å². The number of ether oxygens (including phenoxy) is 2. The number of esters is 1. The fourth-order valence-corrected chi connectivity index (χ4v) is 9.34. The van der Waals surface area contributed by atoms with Crippen LogP contribution < -0.4 is 27.0 Å². The van der Waals surface area contributed by atoms with Gasteiger partial charge in [0.15, 0.2) is 0 Å². The maximum absolute atomic E-state index is 15.0. The molecule has 3 heterocycles. The highest BCUT2D eigenvalue weighted by Crippen LogP contribution is 2.30. The largest absolute Gasteiger partial charge is 0.459 e. The number of carbonyl (C=O) groups excluding carboxylic acids is 7. The van der Waals surface area contributed by atoms with E-state index in [2.05, 4.69) is 32.4 Å². The zero-order chi connectivity index (χ0) is 52.0. The molecule has 0 bridgehead atoms. The molecule has 6 N–H and O–H groups in total. The van der Waals surface area contributed by atoms with E-state index in [-0.39, 0.29) is 69.7 Å². The van der Waals surface area contributed by atoms with Gasteiger partial charge in [0, 0.05) is 38.7 Å². The topological polar surface area (TPSA) is 234 Å². The number of hydrogen-bond acceptors (Lipinski definition) is 12. The van der Waals surface area contributed by atoms with Gasteiger partial charge in [0.2, 0.25) is 23.6 Å². The minimum atomic E-state index is -1.25. The number of rotatable bonds is 21. The number of nitrogens with one attached hydrogen (secondary N) is 4. The van der Waals surface area contributed by atoms with E-state index < -0.39 is 83.5 Å². The maximum atomic E-state index is 15.0. The number of likely N-dealkylation sites (tertiary alicyclic amines) is 1. The second-order valence-corrected chi connectivity index (χ2v) is 20.0. The minimum Gasteiger partial charge on any atom is -0.459 e. The second-order valence-electron chi connectivity index (χ2n) is 20.0. The summed E-state index contributed by atoms with van der Waals surface area (Å²) in [4.78, 5) is 102. The molecule has 2 aromatic rings. The van der Waals surface area contributed by atoms with E-state index in [1.165, 1.54) is 23.1 Å². The number of carbonyl (C=O) groups is 7. The van der Waals surface area contributed by atoms with Gasteiger partial charge >= 0.3 is 12.1 Å². The van der Waals surface area contributed by atoms with E-state index >= 15 is 0 Å². The van der Waals surface area contributed by atoms with Crippen molar-refractivity contribution in [2.45, 2.75) is 147 Å². The number of benzene rings is 2. The summed E-state index contributed by atoms with van der Waals surface area (Å²) in [6, 6.07) is 12.1. The number of alkyl carbamates (subject to hydrolysis) is 1. The van der Waals surface area contributed by atoms with Crippen molar-refractivity contribution >= 4 is 47.8 Å². The zero-order valence-electron chi connectivity index (χ0n) is 42.5. The van der Waals surface area contributed by atoms with Crippen molar-refractivity contribution in [1.29, 1.82) is 0 Å². The van der Waals surface area contributed by atoms with Crippen LogP contribution in [0.15, 0.2) is 102 Å². The van der Waals surface area contributed by atoms with Gasteiger partial charge in [-0.2, -0.15) is 5.10 Å². The molecular weight excluding hydrogens is 919 g/mol. The Morgan fingerprint density at radius 3 is 2.29 bits per heavy atom. The van der Waals surface area contributed by atoms with Gasteiger partial charge in [-0.05, 0) is 94.5 Å². The Bertz CT molecular complexity index is 2350. The minimum absolute atomic E-state index is 0.0160. The first-order valence-electron chi connectivity index (χ1n) is 25.3. The fraction of sp³-hybridized carbons (Fsp3) is 0.519. The summed E-state index contributed by atoms with van der Waals surface area (Å²) >= 11 is 0. The molecule has 0 saturated carbocycles. The molecule has 6 amide bonds. The summed E-state index contributed by atoms with van der Waals surface area (Å²) < 4.78 is 11.1. The molecule has 3 aliphatic heterocycles. The first-order chi connectivity index (χ1) is 34.4. The maximum Gasteiger partial charge on any atom is 0.407 e. The van der Waals surface area contributed by atoms with Crippen LogP contribution in [0.3, 0.4) is 0 Å². The third-order valence-electron chi connectivity index (χ3n) is 13.5. The predicted octanol–water partition coefficient (Wildman–Crippen LogP) is 4.40. The molecule has 3 unspecified atom stereocenters. The van der Waals surface area contributed by atoms with Crippen molar-refractivity contribution in [1.82, 2.24) is 36.1 Å². The molecule has 0 radical (unpaired) electrons. The lowest BCUT2D eigenvalue weighted by Crippen LogP contribution is -2.61. The van der Waals surface area contributed by atoms with Gasteiger partial charge in [-0.25, -0.2) is 14.6 Å². The van der Waals surface area contributed by atoms with Crippen LogP contribution in [0.2, 0.25) is 0 Å². The second kappa shape index (κ2) is 25.5. The van der Waals surface area contributed by atoms with Crippen molar-refractivity contribution in [3.05, 3.63) is 108 Å². The molecule has 4 aliphatic rings. The number of nitrogens with two attached hydrogens (primary N) is 1. The highest BCUT2D eigenvalue weighted by atomic mass is 16.6. The van der Waals surface area contributed by atoms with E-state index in [1.54, 1.807) is 20.8 Å². The lowest BCUT2D eigenvalue weighted by atomic mass is 9.88. The van der Waals surface area contributed by atoms with Crippen molar-refractivity contribution in [3.63, 3.8) is 0 Å². The van der Waals surface area contributed by atoms with E-state index in [9.17, 15) is 33.6 Å². The normalized spacial score (nSPS) is 21.2. The highest BCUT2D eigenvalue weighted by molar-refractivity contribution is 5.97. The van der Waals surface area contributed by atoms with Gasteiger partial charge in [-0.3, -0.25) is 24.0 Å². The first-order valence-corrected chi connectivity index (χ1v) is 25.3. The van der Waals surface area contributed by atoms with Crippen LogP contribution in [0, 0.1) is 11.8 Å². The molecule has 0 aromatic heterocycles. The standard InChI is InChI=1S/C54H73N9O9/c1-7-35(2)46(60-47(64)40(55)32-38-33-57-41-24-15-14-23-39(38)41)51(68)63-43(26-17-29-58-63)48(65)59-42(25-16-28-56-53(70)72-54(3,4)5)49(66)61(6)45(31-36-19-10-8-11-20-36)50(67)62-30-18-27-44(62)52(69)71-34-37-21-12-9-13-22-37/h8-15,19-24,29,33,35,39-46,57H,7,16-18,25-28,30-32,34,55H2,1-6H3,(H,56,70)(H,59,65)(H,60,64)/t35?,39?,40-,41?,42+,43-,44+,45-,46+/m1/s1. The van der Waals surface area contributed by atoms with E-state index in [4.69, 9.17) is 15.2 Å². The summed E-state index contributed by atoms with van der Waals surface area (Å²) in [5.74, 6) is -3.72. The number of amides is 6. The summed E-state index contributed by atoms with van der Waals surface area (Å²) in [7, 11) is 1.50. The van der Waals surface area contributed by atoms with E-state index in [0.29, 0.717) is 25.7 Å². The van der Waals surface area contributed by atoms with Crippen LogP contribution in [-0.4, -0.2) is 131 Å². The molecule has 1 saturated heterocycles. The van der Waals surface area contributed by atoms with Crippen LogP contribution in [0.5, 0.6) is 0 Å². The number of nitrogens with zero attached hydrogens (tertiary/aromatic N) is 4. The van der Waals surface area contributed by atoms with Gasteiger partial charge in [0.1, 0.15) is 42.4 Å². The molecular formula is C54H73N9O9. The number of hydrazone groups is 1. The lowest BCUT2D eigenvalue weighted by molar-refractivity contribution is -0.157. The summed E-state index contributed by atoms with van der Waals surface area (Å²) in [5.41, 5.74) is 8.27. The molecule has 0 spiro atoms.